The maximum atomic E-state index is 12.4. The second kappa shape index (κ2) is 5.06. The van der Waals surface area contributed by atoms with Gasteiger partial charge in [0, 0.05) is 17.8 Å². The van der Waals surface area contributed by atoms with Gasteiger partial charge in [-0.1, -0.05) is 0 Å². The summed E-state index contributed by atoms with van der Waals surface area (Å²) in [6.07, 6.45) is 1.21. The Labute approximate surface area is 122 Å². The lowest BCUT2D eigenvalue weighted by Gasteiger charge is -2.07. The first-order chi connectivity index (χ1) is 10.1. The predicted molar refractivity (Wildman–Crippen MR) is 66.8 cm³/mol. The molecule has 2 aromatic heterocycles. The minimum Gasteiger partial charge on any atom is -0.494 e. The molecule has 0 aliphatic carbocycles. The van der Waals surface area contributed by atoms with Gasteiger partial charge in [-0.3, -0.25) is 0 Å². The third kappa shape index (κ3) is 2.52. The first-order valence-electron chi connectivity index (χ1n) is 5.58. The van der Waals surface area contributed by atoms with E-state index in [1.165, 1.54) is 26.3 Å². The number of rotatable bonds is 3. The van der Waals surface area contributed by atoms with Gasteiger partial charge in [0.1, 0.15) is 17.3 Å². The number of fused-ring (bicyclic) bond motifs is 1. The van der Waals surface area contributed by atoms with Crippen LogP contribution in [0.15, 0.2) is 12.3 Å². The average Bonchev–Trinajstić information content (AvgIpc) is 2.72. The van der Waals surface area contributed by atoms with E-state index in [4.69, 9.17) is 10.00 Å². The molecule has 11 heteroatoms. The van der Waals surface area contributed by atoms with E-state index >= 15 is 0 Å². The second-order valence-electron chi connectivity index (χ2n) is 4.12. The summed E-state index contributed by atoms with van der Waals surface area (Å²) in [6.45, 7) is 1.32. The zero-order valence-corrected chi connectivity index (χ0v) is 12.0. The van der Waals surface area contributed by atoms with Crippen molar-refractivity contribution in [3.05, 3.63) is 23.4 Å². The third-order valence-electron chi connectivity index (χ3n) is 2.71. The topological polar surface area (TPSA) is 93.7 Å². The highest BCUT2D eigenvalue weighted by Crippen LogP contribution is 2.33. The molecule has 0 radical (unpaired) electrons. The summed E-state index contributed by atoms with van der Waals surface area (Å²) >= 11 is 0. The van der Waals surface area contributed by atoms with Crippen LogP contribution in [-0.4, -0.2) is 30.7 Å². The van der Waals surface area contributed by atoms with E-state index in [2.05, 4.69) is 9.28 Å². The highest BCUT2D eigenvalue weighted by molar-refractivity contribution is 7.87. The number of ether oxygens (including phenoxy) is 1. The van der Waals surface area contributed by atoms with E-state index in [1.807, 2.05) is 6.07 Å². The van der Waals surface area contributed by atoms with Gasteiger partial charge in [0.05, 0.1) is 12.7 Å². The Morgan fingerprint density at radius 1 is 1.41 bits per heavy atom. The quantitative estimate of drug-likeness (QED) is 0.626. The standard InChI is InChI=1S/C11H8F3N3O4S/c1-6-9-8(20-2)3-7(4-15)5-17(9)16-10(6)21-22(18,19)11(12,13)14/h3,5H,1-2H3. The Kier molecular flexibility index (Phi) is 3.66. The molecular formula is C11H8F3N3O4S. The fourth-order valence-corrected chi connectivity index (χ4v) is 2.17. The molecule has 0 fully saturated rings. The predicted octanol–water partition coefficient (Wildman–Crippen LogP) is 1.75. The molecule has 2 heterocycles. The number of hydrogen-bond donors (Lipinski definition) is 0. The summed E-state index contributed by atoms with van der Waals surface area (Å²) in [6, 6.07) is 3.15. The Balaban J connectivity index is 2.64. The molecule has 0 aliphatic heterocycles. The summed E-state index contributed by atoms with van der Waals surface area (Å²) in [5, 5.41) is 12.5. The number of nitrogens with zero attached hydrogens (tertiary/aromatic N) is 3. The Bertz CT molecular complexity index is 881. The van der Waals surface area contributed by atoms with Crippen LogP contribution in [0.1, 0.15) is 11.1 Å². The summed E-state index contributed by atoms with van der Waals surface area (Å²) in [4.78, 5) is 0. The van der Waals surface area contributed by atoms with E-state index in [-0.39, 0.29) is 22.4 Å². The molecule has 0 unspecified atom stereocenters. The molecule has 0 atom stereocenters. The number of methoxy groups -OCH3 is 1. The minimum absolute atomic E-state index is 0.0224. The Morgan fingerprint density at radius 3 is 2.55 bits per heavy atom. The van der Waals surface area contributed by atoms with E-state index in [0.717, 1.165) is 4.52 Å². The molecule has 0 bridgehead atoms. The number of nitriles is 1. The molecule has 0 saturated heterocycles. The summed E-state index contributed by atoms with van der Waals surface area (Å²) < 4.78 is 69.2. The van der Waals surface area contributed by atoms with Gasteiger partial charge in [0.15, 0.2) is 0 Å². The second-order valence-corrected chi connectivity index (χ2v) is 5.65. The van der Waals surface area contributed by atoms with Crippen molar-refractivity contribution in [2.45, 2.75) is 12.4 Å². The van der Waals surface area contributed by atoms with E-state index in [0.29, 0.717) is 0 Å². The van der Waals surface area contributed by atoms with Crippen molar-refractivity contribution in [1.82, 2.24) is 9.61 Å². The Hall–Kier alpha value is -2.48. The first-order valence-corrected chi connectivity index (χ1v) is 6.99. The lowest BCUT2D eigenvalue weighted by molar-refractivity contribution is -0.0501. The number of aromatic nitrogens is 2. The maximum absolute atomic E-state index is 12.4. The maximum Gasteiger partial charge on any atom is 0.534 e. The van der Waals surface area contributed by atoms with Crippen molar-refractivity contribution < 1.29 is 30.5 Å². The Morgan fingerprint density at radius 2 is 2.05 bits per heavy atom. The van der Waals surface area contributed by atoms with Crippen LogP contribution in [-0.2, 0) is 10.1 Å². The summed E-state index contributed by atoms with van der Waals surface area (Å²) in [5.41, 5.74) is -5.24. The zero-order valence-electron chi connectivity index (χ0n) is 11.2. The van der Waals surface area contributed by atoms with Gasteiger partial charge in [-0.15, -0.1) is 5.10 Å². The molecule has 7 nitrogen and oxygen atoms in total. The van der Waals surface area contributed by atoms with Crippen LogP contribution < -0.4 is 8.92 Å². The van der Waals surface area contributed by atoms with Crippen molar-refractivity contribution in [2.24, 2.45) is 0 Å². The van der Waals surface area contributed by atoms with Crippen molar-refractivity contribution >= 4 is 15.6 Å². The molecular weight excluding hydrogens is 327 g/mol. The highest BCUT2D eigenvalue weighted by atomic mass is 32.2. The molecule has 0 spiro atoms. The molecule has 22 heavy (non-hydrogen) atoms. The van der Waals surface area contributed by atoms with E-state index in [1.54, 1.807) is 0 Å². The smallest absolute Gasteiger partial charge is 0.494 e. The number of alkyl halides is 3. The van der Waals surface area contributed by atoms with Crippen LogP contribution >= 0.6 is 0 Å². The van der Waals surface area contributed by atoms with Crippen LogP contribution in [0.5, 0.6) is 11.6 Å². The first kappa shape index (κ1) is 15.9. The fraction of sp³-hybridized carbons (Fsp3) is 0.273. The van der Waals surface area contributed by atoms with Gasteiger partial charge < -0.3 is 8.92 Å². The zero-order chi connectivity index (χ0) is 16.7. The molecule has 2 aromatic rings. The van der Waals surface area contributed by atoms with Crippen molar-refractivity contribution in [3.8, 4) is 17.7 Å². The van der Waals surface area contributed by atoms with Crippen molar-refractivity contribution in [1.29, 1.82) is 5.26 Å². The van der Waals surface area contributed by atoms with Gasteiger partial charge in [-0.2, -0.15) is 26.9 Å². The average molecular weight is 335 g/mol. The van der Waals surface area contributed by atoms with Gasteiger partial charge in [0.2, 0.25) is 0 Å². The number of aryl methyl sites for hydroxylation is 1. The highest BCUT2D eigenvalue weighted by Gasteiger charge is 2.49. The van der Waals surface area contributed by atoms with Gasteiger partial charge >= 0.3 is 15.6 Å². The number of halogens is 3. The van der Waals surface area contributed by atoms with Crippen LogP contribution in [0.2, 0.25) is 0 Å². The SMILES string of the molecule is COc1cc(C#N)cn2nc(OS(=O)(=O)C(F)(F)F)c(C)c12. The summed E-state index contributed by atoms with van der Waals surface area (Å²) in [7, 11) is -4.55. The lowest BCUT2D eigenvalue weighted by Crippen LogP contribution is -2.28. The monoisotopic (exact) mass is 335 g/mol. The van der Waals surface area contributed by atoms with Crippen molar-refractivity contribution in [2.75, 3.05) is 7.11 Å². The molecule has 0 amide bonds. The van der Waals surface area contributed by atoms with Gasteiger partial charge in [-0.25, -0.2) is 4.52 Å². The van der Waals surface area contributed by atoms with E-state index in [9.17, 15) is 21.6 Å². The number of hydrogen-bond acceptors (Lipinski definition) is 6. The fourth-order valence-electron chi connectivity index (χ4n) is 1.71. The largest absolute Gasteiger partial charge is 0.534 e. The van der Waals surface area contributed by atoms with Gasteiger partial charge in [-0.05, 0) is 6.92 Å². The van der Waals surface area contributed by atoms with Gasteiger partial charge in [0.25, 0.3) is 5.88 Å². The molecule has 0 saturated carbocycles. The molecule has 0 aromatic carbocycles. The van der Waals surface area contributed by atoms with Crippen LogP contribution in [0.3, 0.4) is 0 Å². The molecule has 0 aliphatic rings. The van der Waals surface area contributed by atoms with Crippen LogP contribution in [0, 0.1) is 18.3 Å². The normalized spacial score (nSPS) is 12.2. The summed E-state index contributed by atoms with van der Waals surface area (Å²) in [5.74, 6) is -0.603. The van der Waals surface area contributed by atoms with Crippen molar-refractivity contribution in [3.63, 3.8) is 0 Å². The minimum atomic E-state index is -5.84. The molecule has 0 N–H and O–H groups in total. The lowest BCUT2D eigenvalue weighted by atomic mass is 10.2. The van der Waals surface area contributed by atoms with Crippen LogP contribution in [0.4, 0.5) is 13.2 Å². The molecule has 2 rings (SSSR count). The number of pyridine rings is 1. The third-order valence-corrected chi connectivity index (χ3v) is 3.65. The van der Waals surface area contributed by atoms with Crippen LogP contribution in [0.25, 0.3) is 5.52 Å². The molecule has 118 valence electrons. The van der Waals surface area contributed by atoms with E-state index < -0.39 is 21.5 Å².